The molecule has 5 saturated heterocycles. The predicted octanol–water partition coefficient (Wildman–Crippen LogP) is 2.08. The van der Waals surface area contributed by atoms with Crippen LogP contribution < -0.4 is 16.0 Å². The molecular formula is C81H147N3O31. The minimum atomic E-state index is -3.19. The lowest BCUT2D eigenvalue weighted by molar-refractivity contribution is -0.390. The summed E-state index contributed by atoms with van der Waals surface area (Å²) < 4.78 is 58.9. The summed E-state index contributed by atoms with van der Waals surface area (Å²) in [5, 5.41) is 197. The summed E-state index contributed by atoms with van der Waals surface area (Å²) in [6.45, 7) is 0.688. The van der Waals surface area contributed by atoms with Gasteiger partial charge in [0.25, 0.3) is 5.79 Å². The second kappa shape index (κ2) is 56.3. The largest absolute Gasteiger partial charge is 0.477 e. The van der Waals surface area contributed by atoms with Crippen molar-refractivity contribution < 1.29 is 153 Å². The molecule has 20 N–H and O–H groups in total. The highest BCUT2D eigenvalue weighted by atomic mass is 16.8. The molecule has 0 bridgehead atoms. The number of carboxylic acid groups (broad SMARTS) is 1. The van der Waals surface area contributed by atoms with E-state index in [2.05, 4.69) is 29.8 Å². The van der Waals surface area contributed by atoms with Gasteiger partial charge in [-0.25, -0.2) is 4.79 Å². The number of ether oxygens (including phenoxy) is 10. The van der Waals surface area contributed by atoms with Crippen LogP contribution >= 0.6 is 0 Å². The van der Waals surface area contributed by atoms with Crippen LogP contribution in [0.4, 0.5) is 0 Å². The van der Waals surface area contributed by atoms with Crippen LogP contribution in [0.1, 0.15) is 265 Å². The van der Waals surface area contributed by atoms with Crippen molar-refractivity contribution in [2.75, 3.05) is 39.6 Å². The summed E-state index contributed by atoms with van der Waals surface area (Å²) in [5.41, 5.74) is 0. The fourth-order valence-electron chi connectivity index (χ4n) is 15.7. The summed E-state index contributed by atoms with van der Waals surface area (Å²) in [7, 11) is 0. The van der Waals surface area contributed by atoms with Gasteiger partial charge >= 0.3 is 5.97 Å². The highest BCUT2D eigenvalue weighted by Crippen LogP contribution is 2.40. The van der Waals surface area contributed by atoms with Gasteiger partial charge in [0, 0.05) is 26.7 Å². The van der Waals surface area contributed by atoms with Crippen LogP contribution in [0.25, 0.3) is 0 Å². The maximum Gasteiger partial charge on any atom is 0.364 e. The Balaban J connectivity index is 1.20. The van der Waals surface area contributed by atoms with Crippen molar-refractivity contribution in [2.24, 2.45) is 0 Å². The van der Waals surface area contributed by atoms with Crippen LogP contribution in [-0.4, -0.2) is 321 Å². The van der Waals surface area contributed by atoms with E-state index in [-0.39, 0.29) is 12.3 Å². The molecule has 5 fully saturated rings. The molecule has 0 spiro atoms. The van der Waals surface area contributed by atoms with Gasteiger partial charge in [-0.1, -0.05) is 231 Å². The number of rotatable bonds is 60. The van der Waals surface area contributed by atoms with Crippen LogP contribution in [0, 0.1) is 0 Å². The highest BCUT2D eigenvalue weighted by molar-refractivity contribution is 5.77. The van der Waals surface area contributed by atoms with Crippen molar-refractivity contribution in [1.29, 1.82) is 0 Å². The zero-order valence-corrected chi connectivity index (χ0v) is 68.5. The molecule has 5 aliphatic heterocycles. The number of hydrogen-bond donors (Lipinski definition) is 20. The average molecular weight is 1660 g/mol. The lowest BCUT2D eigenvalue weighted by Crippen LogP contribution is -2.71. The molecule has 0 radical (unpaired) electrons. The summed E-state index contributed by atoms with van der Waals surface area (Å²) in [5.74, 6) is -7.31. The van der Waals surface area contributed by atoms with E-state index < -0.39 is 235 Å². The number of carbonyl (C=O) groups is 4. The Morgan fingerprint density at radius 1 is 0.452 bits per heavy atom. The maximum atomic E-state index is 13.6. The Morgan fingerprint density at radius 2 is 0.843 bits per heavy atom. The molecule has 5 aliphatic rings. The third-order valence-electron chi connectivity index (χ3n) is 22.6. The second-order valence-corrected chi connectivity index (χ2v) is 32.1. The van der Waals surface area contributed by atoms with Crippen molar-refractivity contribution >= 4 is 23.7 Å². The molecule has 5 heterocycles. The first-order valence-electron chi connectivity index (χ1n) is 43.1. The normalized spacial score (nSPS) is 33.0. The van der Waals surface area contributed by atoms with Gasteiger partial charge in [0.1, 0.15) is 116 Å². The first-order chi connectivity index (χ1) is 55.3. The summed E-state index contributed by atoms with van der Waals surface area (Å²) in [6, 6.07) is -4.60. The average Bonchev–Trinajstić information content (AvgIpc) is 0.755. The summed E-state index contributed by atoms with van der Waals surface area (Å²) >= 11 is 0. The zero-order valence-electron chi connectivity index (χ0n) is 68.5. The van der Waals surface area contributed by atoms with E-state index in [4.69, 9.17) is 47.4 Å². The van der Waals surface area contributed by atoms with Gasteiger partial charge in [0.2, 0.25) is 17.7 Å². The number of allylic oxidation sites excluding steroid dienone is 1. The number of carbonyl (C=O) groups excluding carboxylic acids is 3. The SMILES string of the molecule is CCCCCCCCCCCCC/C=C/[C@@H](O)[C@H](CO[C@@H]1OC(CO)[C@@H](O[C@@H]2OC(CO)[C@H](O)[C@H](O[C@@H]3OC(CO)[C@@H](O[C@@H]4OC(CO)[C@H](O)[C@H](O[C@]5(C(=O)O)CC(O)[C@@H](NC(C)=O)C([C@H](O)[C@H](O)CO)O5)C4O)[C@H](O)C3NC(C)=O)C2O)[C@H](O)C1O)NC(=O)CCCCCCCCCCCCCCCCCCCCCCCCC. The first kappa shape index (κ1) is 102. The topological polar surface area (TPSA) is 541 Å². The quantitative estimate of drug-likeness (QED) is 0.0306. The molecular weight excluding hydrogens is 1510 g/mol. The Kier molecular flexibility index (Phi) is 50.0. The van der Waals surface area contributed by atoms with Gasteiger partial charge in [-0.3, -0.25) is 14.4 Å². The Morgan fingerprint density at radius 3 is 1.28 bits per heavy atom. The molecule has 28 atom stereocenters. The van der Waals surface area contributed by atoms with Gasteiger partial charge in [0.05, 0.1) is 63.9 Å². The lowest BCUT2D eigenvalue weighted by atomic mass is 9.88. The van der Waals surface area contributed by atoms with E-state index >= 15 is 0 Å². The standard InChI is InChI=1S/C81H147N3O31/c1-5-7-9-11-13-15-17-19-20-21-22-23-24-25-26-27-28-30-32-34-36-38-40-42-60(95)84-52(53(92)41-39-37-35-33-31-29-18-16-14-12-10-8-6-2)49-106-77-68(101)67(100)72(59(48-89)110-77)112-78-69(102)74(64(97)56(45-86)107-78)113-76-62(83-51(4)91)66(99)71(58(47-88)109-76)111-79-70(103)75(65(98)57(46-87)108-79)115-81(80(104)105)43-54(93)61(82-50(3)90)73(114-81)63(96)55(94)44-85/h39,41,52-59,61-79,85-89,92-94,96-103H,5-38,40,42-49H2,1-4H3,(H,82,90)(H,83,91)(H,84,95)(H,104,105)/b41-39+/t52-,53+,54?,55+,56?,57?,58?,59?,61+,62?,63+,64-,65-,66+,67+,68?,69?,70?,71+,72+,73?,74-,75-,76-,77+,78-,79-,81-/m0/s1. The number of unbranched alkanes of at least 4 members (excludes halogenated alkanes) is 33. The highest BCUT2D eigenvalue weighted by Gasteiger charge is 2.61. The molecule has 0 aliphatic carbocycles. The number of aliphatic carboxylic acids is 1. The maximum absolute atomic E-state index is 13.6. The van der Waals surface area contributed by atoms with Crippen molar-refractivity contribution in [3.63, 3.8) is 0 Å². The van der Waals surface area contributed by atoms with E-state index in [0.29, 0.717) is 12.8 Å². The summed E-state index contributed by atoms with van der Waals surface area (Å²) in [6.07, 6.45) is -3.32. The van der Waals surface area contributed by atoms with Crippen LogP contribution in [0.2, 0.25) is 0 Å². The van der Waals surface area contributed by atoms with Crippen molar-refractivity contribution in [3.8, 4) is 0 Å². The molecule has 672 valence electrons. The van der Waals surface area contributed by atoms with Crippen molar-refractivity contribution in [2.45, 2.75) is 436 Å². The minimum absolute atomic E-state index is 0.174. The third kappa shape index (κ3) is 33.7. The van der Waals surface area contributed by atoms with Gasteiger partial charge in [-0.2, -0.15) is 0 Å². The van der Waals surface area contributed by atoms with Gasteiger partial charge < -0.3 is 150 Å². The van der Waals surface area contributed by atoms with Crippen LogP contribution in [0.5, 0.6) is 0 Å². The third-order valence-corrected chi connectivity index (χ3v) is 22.6. The molecule has 3 amide bonds. The predicted molar refractivity (Wildman–Crippen MR) is 415 cm³/mol. The molecule has 0 aromatic heterocycles. The van der Waals surface area contributed by atoms with Gasteiger partial charge in [0.15, 0.2) is 25.2 Å². The molecule has 34 nitrogen and oxygen atoms in total. The second-order valence-electron chi connectivity index (χ2n) is 32.1. The number of aliphatic hydroxyl groups is 16. The lowest BCUT2D eigenvalue weighted by Gasteiger charge is -2.51. The zero-order chi connectivity index (χ0) is 84.4. The number of carboxylic acids is 1. The molecule has 0 saturated carbocycles. The van der Waals surface area contributed by atoms with Crippen LogP contribution in [-0.2, 0) is 66.5 Å². The molecule has 5 rings (SSSR count). The monoisotopic (exact) mass is 1660 g/mol. The fraction of sp³-hybridized carbons (Fsp3) is 0.926. The minimum Gasteiger partial charge on any atom is -0.477 e. The van der Waals surface area contributed by atoms with E-state index in [9.17, 15) is 106 Å². The van der Waals surface area contributed by atoms with Gasteiger partial charge in [-0.15, -0.1) is 0 Å². The van der Waals surface area contributed by atoms with E-state index in [1.807, 2.05) is 6.08 Å². The fourth-order valence-corrected chi connectivity index (χ4v) is 15.7. The molecule has 0 aromatic carbocycles. The molecule has 10 unspecified atom stereocenters. The smallest absolute Gasteiger partial charge is 0.364 e. The number of hydrogen-bond acceptors (Lipinski definition) is 30. The van der Waals surface area contributed by atoms with Crippen molar-refractivity contribution in [1.82, 2.24) is 16.0 Å². The molecule has 0 aromatic rings. The van der Waals surface area contributed by atoms with Gasteiger partial charge in [-0.05, 0) is 19.3 Å². The Bertz CT molecular complexity index is 2650. The van der Waals surface area contributed by atoms with E-state index in [0.717, 1.165) is 65.2 Å². The molecule has 115 heavy (non-hydrogen) atoms. The molecule has 34 heteroatoms. The number of nitrogens with one attached hydrogen (secondary N) is 3. The van der Waals surface area contributed by atoms with Crippen molar-refractivity contribution in [3.05, 3.63) is 12.2 Å². The Labute approximate surface area is 678 Å². The van der Waals surface area contributed by atoms with E-state index in [1.54, 1.807) is 6.08 Å². The van der Waals surface area contributed by atoms with Crippen LogP contribution in [0.15, 0.2) is 12.2 Å². The Hall–Kier alpha value is -3.42. The number of amides is 3. The van der Waals surface area contributed by atoms with E-state index in [1.165, 1.54) is 161 Å². The summed E-state index contributed by atoms with van der Waals surface area (Å²) in [4.78, 5) is 51.8. The number of aliphatic hydroxyl groups excluding tert-OH is 16. The first-order valence-corrected chi connectivity index (χ1v) is 43.1. The van der Waals surface area contributed by atoms with Crippen LogP contribution in [0.3, 0.4) is 0 Å².